The van der Waals surface area contributed by atoms with Crippen LogP contribution in [0.4, 0.5) is 4.79 Å². The van der Waals surface area contributed by atoms with Gasteiger partial charge in [0.1, 0.15) is 12.5 Å². The van der Waals surface area contributed by atoms with Crippen LogP contribution in [0.1, 0.15) is 11.6 Å². The van der Waals surface area contributed by atoms with E-state index in [1.807, 2.05) is 12.1 Å². The van der Waals surface area contributed by atoms with Gasteiger partial charge < -0.3 is 22.3 Å². The Morgan fingerprint density at radius 2 is 2.36 bits per heavy atom. The minimum atomic E-state index is -0.375. The second kappa shape index (κ2) is 4.39. The van der Waals surface area contributed by atoms with Crippen molar-refractivity contribution >= 4 is 6.09 Å². The maximum absolute atomic E-state index is 11.2. The molecule has 14 heavy (non-hydrogen) atoms. The topological polar surface area (TPSA) is 50.4 Å². The van der Waals surface area contributed by atoms with Crippen molar-refractivity contribution in [3.8, 4) is 0 Å². The molecule has 1 aliphatic heterocycles. The lowest BCUT2D eigenvalue weighted by Gasteiger charge is -2.15. The van der Waals surface area contributed by atoms with Crippen LogP contribution in [0, 0.1) is 0 Å². The van der Waals surface area contributed by atoms with Gasteiger partial charge in [0.15, 0.2) is 6.20 Å². The Bertz CT molecular complexity index is 343. The molecule has 0 bridgehead atoms. The molecule has 0 amide bonds. The average molecular weight is 216 g/mol. The third-order valence-electron chi connectivity index (χ3n) is 2.13. The summed E-state index contributed by atoms with van der Waals surface area (Å²) >= 11 is 0. The quantitative estimate of drug-likeness (QED) is 0.510. The maximum atomic E-state index is 11.2. The van der Waals surface area contributed by atoms with Gasteiger partial charge >= 0.3 is 6.09 Å². The molecule has 1 aromatic rings. The van der Waals surface area contributed by atoms with Gasteiger partial charge in [0.2, 0.25) is 5.69 Å². The highest BCUT2D eigenvalue weighted by Gasteiger charge is 2.33. The summed E-state index contributed by atoms with van der Waals surface area (Å²) in [4.78, 5) is 11.2. The van der Waals surface area contributed by atoms with Gasteiger partial charge in [-0.2, -0.15) is 4.79 Å². The fourth-order valence-electron chi connectivity index (χ4n) is 1.43. The highest BCUT2D eigenvalue weighted by Crippen LogP contribution is 2.14. The first-order chi connectivity index (χ1) is 6.33. The van der Waals surface area contributed by atoms with Crippen molar-refractivity contribution < 1.29 is 31.6 Å². The average Bonchev–Trinajstić information content (AvgIpc) is 2.19. The molecule has 1 atom stereocenters. The Labute approximate surface area is 87.5 Å². The van der Waals surface area contributed by atoms with Crippen molar-refractivity contribution in [2.24, 2.45) is 0 Å². The van der Waals surface area contributed by atoms with Crippen molar-refractivity contribution in [3.05, 3.63) is 30.1 Å². The van der Waals surface area contributed by atoms with Gasteiger partial charge in [0.25, 0.3) is 0 Å². The summed E-state index contributed by atoms with van der Waals surface area (Å²) in [7, 11) is 0. The number of halogens is 1. The van der Waals surface area contributed by atoms with E-state index in [9.17, 15) is 4.79 Å². The molecule has 1 N–H and O–H groups in total. The first-order valence-electron chi connectivity index (χ1n) is 4.11. The number of aliphatic hydroxyl groups excluding tert-OH is 1. The van der Waals surface area contributed by atoms with Crippen molar-refractivity contribution in [1.29, 1.82) is 0 Å². The summed E-state index contributed by atoms with van der Waals surface area (Å²) in [5, 5.41) is 9.02. The summed E-state index contributed by atoms with van der Waals surface area (Å²) < 4.78 is 6.29. The van der Waals surface area contributed by atoms with Crippen LogP contribution in [0.2, 0.25) is 0 Å². The number of hydrogen-bond donors (Lipinski definition) is 1. The molecule has 1 aliphatic rings. The van der Waals surface area contributed by atoms with E-state index in [2.05, 4.69) is 0 Å². The van der Waals surface area contributed by atoms with Crippen molar-refractivity contribution in [3.63, 3.8) is 0 Å². The second-order valence-electron chi connectivity index (χ2n) is 2.95. The smallest absolute Gasteiger partial charge is 0.602 e. The number of hydrogen-bond acceptors (Lipinski definition) is 3. The number of cyclic esters (lactones) is 1. The summed E-state index contributed by atoms with van der Waals surface area (Å²) in [5.41, 5.74) is 0.807. The Balaban J connectivity index is 0.000000980. The van der Waals surface area contributed by atoms with Gasteiger partial charge in [-0.3, -0.25) is 0 Å². The molecule has 4 nitrogen and oxygen atoms in total. The van der Waals surface area contributed by atoms with Gasteiger partial charge in [-0.05, 0) is 0 Å². The van der Waals surface area contributed by atoms with Crippen molar-refractivity contribution in [2.75, 3.05) is 13.2 Å². The minimum Gasteiger partial charge on any atom is -1.00 e. The number of aromatic nitrogens is 1. The van der Waals surface area contributed by atoms with Crippen molar-refractivity contribution in [1.82, 2.24) is 0 Å². The minimum absolute atomic E-state index is 0. The fraction of sp³-hybridized carbons (Fsp3) is 0.333. The van der Waals surface area contributed by atoms with E-state index in [1.54, 1.807) is 12.3 Å². The summed E-state index contributed by atoms with van der Waals surface area (Å²) in [5.74, 6) is -0.0982. The second-order valence-corrected chi connectivity index (χ2v) is 2.95. The molecule has 0 radical (unpaired) electrons. The highest BCUT2D eigenvalue weighted by atomic mass is 35.5. The van der Waals surface area contributed by atoms with Crippen LogP contribution in [0.25, 0.3) is 0 Å². The van der Waals surface area contributed by atoms with E-state index in [0.717, 1.165) is 5.69 Å². The molecule has 0 aromatic carbocycles. The number of carbonyl (C=O) groups excluding carboxylic acids is 1. The van der Waals surface area contributed by atoms with E-state index in [1.165, 1.54) is 4.57 Å². The molecular formula is C9H10ClNO3. The number of pyridine rings is 1. The van der Waals surface area contributed by atoms with E-state index in [-0.39, 0.29) is 37.6 Å². The van der Waals surface area contributed by atoms with Gasteiger partial charge in [-0.1, -0.05) is 10.6 Å². The number of aliphatic hydroxyl groups is 1. The molecule has 1 unspecified atom stereocenters. The zero-order chi connectivity index (χ0) is 9.26. The molecule has 0 saturated carbocycles. The van der Waals surface area contributed by atoms with Crippen LogP contribution >= 0.6 is 0 Å². The van der Waals surface area contributed by atoms with Gasteiger partial charge in [-0.15, -0.1) is 0 Å². The number of fused-ring (bicyclic) bond motifs is 1. The lowest BCUT2D eigenvalue weighted by molar-refractivity contribution is -0.604. The zero-order valence-electron chi connectivity index (χ0n) is 7.39. The number of carbonyl (C=O) groups is 1. The van der Waals surface area contributed by atoms with E-state index < -0.39 is 0 Å². The van der Waals surface area contributed by atoms with Crippen molar-refractivity contribution in [2.45, 2.75) is 5.92 Å². The first kappa shape index (κ1) is 10.9. The van der Waals surface area contributed by atoms with Crippen LogP contribution < -0.4 is 17.0 Å². The lowest BCUT2D eigenvalue weighted by Crippen LogP contribution is -3.00. The fourth-order valence-corrected chi connectivity index (χ4v) is 1.43. The highest BCUT2D eigenvalue weighted by molar-refractivity contribution is 5.58. The molecule has 76 valence electrons. The third kappa shape index (κ3) is 1.71. The normalized spacial score (nSPS) is 19.2. The number of nitrogens with zero attached hydrogens (tertiary/aromatic N) is 1. The van der Waals surface area contributed by atoms with E-state index in [4.69, 9.17) is 9.84 Å². The molecule has 0 spiro atoms. The molecule has 0 fully saturated rings. The molecule has 2 heterocycles. The van der Waals surface area contributed by atoms with Gasteiger partial charge in [-0.25, -0.2) is 0 Å². The molecule has 0 aliphatic carbocycles. The zero-order valence-corrected chi connectivity index (χ0v) is 8.15. The molecular weight excluding hydrogens is 206 g/mol. The Kier molecular flexibility index (Phi) is 3.43. The largest absolute Gasteiger partial charge is 1.00 e. The third-order valence-corrected chi connectivity index (χ3v) is 2.13. The van der Waals surface area contributed by atoms with Gasteiger partial charge in [0.05, 0.1) is 6.61 Å². The molecule has 0 saturated heterocycles. The summed E-state index contributed by atoms with van der Waals surface area (Å²) in [6.45, 7) is 0.261. The SMILES string of the molecule is O=C1OCC(CO)c2cccc[n+]21.[Cl-]. The van der Waals surface area contributed by atoms with Crippen LogP contribution in [0.15, 0.2) is 24.4 Å². The Hall–Kier alpha value is -1.13. The maximum Gasteiger partial charge on any atom is 0.602 e. The lowest BCUT2D eigenvalue weighted by atomic mass is 10.1. The Morgan fingerprint density at radius 1 is 1.57 bits per heavy atom. The van der Waals surface area contributed by atoms with Crippen LogP contribution in [-0.4, -0.2) is 24.4 Å². The van der Waals surface area contributed by atoms with Crippen LogP contribution in [0.5, 0.6) is 0 Å². The van der Waals surface area contributed by atoms with E-state index >= 15 is 0 Å². The monoisotopic (exact) mass is 215 g/mol. The molecule has 5 heteroatoms. The first-order valence-corrected chi connectivity index (χ1v) is 4.11. The molecule has 2 rings (SSSR count). The predicted octanol–water partition coefficient (Wildman–Crippen LogP) is -2.95. The number of rotatable bonds is 1. The molecule has 1 aromatic heterocycles. The van der Waals surface area contributed by atoms with E-state index in [0.29, 0.717) is 0 Å². The Morgan fingerprint density at radius 3 is 3.07 bits per heavy atom. The standard InChI is InChI=1S/C9H10NO3.ClH/c11-5-7-6-13-9(12)10-4-2-1-3-8(7)10;/h1-4,7,11H,5-6H2;1H/q+1;/p-1. The summed E-state index contributed by atoms with van der Waals surface area (Å²) in [6, 6.07) is 5.42. The van der Waals surface area contributed by atoms with Crippen LogP contribution in [0.3, 0.4) is 0 Å². The number of ether oxygens (including phenoxy) is 1. The summed E-state index contributed by atoms with van der Waals surface area (Å²) in [6.07, 6.45) is 1.26. The predicted molar refractivity (Wildman–Crippen MR) is 43.2 cm³/mol. The van der Waals surface area contributed by atoms with Gasteiger partial charge in [0, 0.05) is 12.1 Å². The van der Waals surface area contributed by atoms with Crippen LogP contribution in [-0.2, 0) is 4.74 Å².